The SMILES string of the molecule is CSC(C)CNCc1ccc(CC(C)C)cc1. The van der Waals surface area contributed by atoms with E-state index in [1.54, 1.807) is 0 Å². The van der Waals surface area contributed by atoms with E-state index < -0.39 is 0 Å². The minimum atomic E-state index is 0.690. The van der Waals surface area contributed by atoms with Gasteiger partial charge in [0, 0.05) is 18.3 Å². The van der Waals surface area contributed by atoms with Gasteiger partial charge in [0.15, 0.2) is 0 Å². The van der Waals surface area contributed by atoms with Crippen molar-refractivity contribution in [2.24, 2.45) is 5.92 Å². The first-order chi connectivity index (χ1) is 8.11. The molecule has 96 valence electrons. The zero-order valence-electron chi connectivity index (χ0n) is 11.5. The van der Waals surface area contributed by atoms with Crippen molar-refractivity contribution < 1.29 is 0 Å². The third-order valence-corrected chi connectivity index (χ3v) is 3.80. The lowest BCUT2D eigenvalue weighted by Gasteiger charge is -2.10. The molecule has 0 saturated heterocycles. The summed E-state index contributed by atoms with van der Waals surface area (Å²) in [6, 6.07) is 9.01. The van der Waals surface area contributed by atoms with Crippen LogP contribution in [-0.4, -0.2) is 18.1 Å². The van der Waals surface area contributed by atoms with Gasteiger partial charge in [-0.05, 0) is 29.7 Å². The van der Waals surface area contributed by atoms with E-state index >= 15 is 0 Å². The molecule has 1 rings (SSSR count). The second-order valence-electron chi connectivity index (χ2n) is 5.09. The topological polar surface area (TPSA) is 12.0 Å². The predicted molar refractivity (Wildman–Crippen MR) is 79.7 cm³/mol. The Hall–Kier alpha value is -0.470. The number of hydrogen-bond donors (Lipinski definition) is 1. The highest BCUT2D eigenvalue weighted by atomic mass is 32.2. The standard InChI is InChI=1S/C15H25NS/c1-12(2)9-14-5-7-15(8-6-14)11-16-10-13(3)17-4/h5-8,12-13,16H,9-11H2,1-4H3. The molecule has 0 saturated carbocycles. The summed E-state index contributed by atoms with van der Waals surface area (Å²) in [4.78, 5) is 0. The summed E-state index contributed by atoms with van der Waals surface area (Å²) >= 11 is 1.91. The fourth-order valence-electron chi connectivity index (χ4n) is 1.77. The molecule has 1 unspecified atom stereocenters. The summed E-state index contributed by atoms with van der Waals surface area (Å²) in [7, 11) is 0. The van der Waals surface area contributed by atoms with Gasteiger partial charge in [0.1, 0.15) is 0 Å². The van der Waals surface area contributed by atoms with E-state index in [0.717, 1.165) is 19.0 Å². The molecule has 0 heterocycles. The molecule has 0 aliphatic rings. The van der Waals surface area contributed by atoms with E-state index in [1.165, 1.54) is 17.5 Å². The molecule has 0 aromatic heterocycles. The maximum atomic E-state index is 3.49. The van der Waals surface area contributed by atoms with Crippen LogP contribution in [0.1, 0.15) is 31.9 Å². The van der Waals surface area contributed by atoms with E-state index in [0.29, 0.717) is 5.25 Å². The first-order valence-corrected chi connectivity index (χ1v) is 7.72. The lowest BCUT2D eigenvalue weighted by atomic mass is 10.0. The monoisotopic (exact) mass is 251 g/mol. The van der Waals surface area contributed by atoms with Crippen LogP contribution in [0.5, 0.6) is 0 Å². The quantitative estimate of drug-likeness (QED) is 0.792. The van der Waals surface area contributed by atoms with Crippen molar-refractivity contribution in [2.75, 3.05) is 12.8 Å². The molecule has 0 aliphatic heterocycles. The third kappa shape index (κ3) is 6.13. The number of hydrogen-bond acceptors (Lipinski definition) is 2. The van der Waals surface area contributed by atoms with Gasteiger partial charge in [-0.1, -0.05) is 45.0 Å². The van der Waals surface area contributed by atoms with Crippen LogP contribution in [0, 0.1) is 5.92 Å². The van der Waals surface area contributed by atoms with Crippen LogP contribution < -0.4 is 5.32 Å². The molecular weight excluding hydrogens is 226 g/mol. The Morgan fingerprint density at radius 1 is 1.06 bits per heavy atom. The van der Waals surface area contributed by atoms with Gasteiger partial charge < -0.3 is 5.32 Å². The van der Waals surface area contributed by atoms with Crippen molar-refractivity contribution in [3.63, 3.8) is 0 Å². The van der Waals surface area contributed by atoms with Crippen molar-refractivity contribution >= 4 is 11.8 Å². The summed E-state index contributed by atoms with van der Waals surface area (Å²) in [5.41, 5.74) is 2.83. The molecule has 17 heavy (non-hydrogen) atoms. The van der Waals surface area contributed by atoms with E-state index in [4.69, 9.17) is 0 Å². The second kappa shape index (κ2) is 7.78. The Balaban J connectivity index is 2.35. The molecule has 0 amide bonds. The summed E-state index contributed by atoms with van der Waals surface area (Å²) in [5, 5.41) is 4.18. The molecule has 0 bridgehead atoms. The molecule has 1 N–H and O–H groups in total. The summed E-state index contributed by atoms with van der Waals surface area (Å²) < 4.78 is 0. The Morgan fingerprint density at radius 3 is 2.18 bits per heavy atom. The molecule has 1 atom stereocenters. The van der Waals surface area contributed by atoms with Gasteiger partial charge >= 0.3 is 0 Å². The smallest absolute Gasteiger partial charge is 0.0205 e. The van der Waals surface area contributed by atoms with Crippen molar-refractivity contribution in [1.29, 1.82) is 0 Å². The van der Waals surface area contributed by atoms with Gasteiger partial charge in [-0.15, -0.1) is 0 Å². The van der Waals surface area contributed by atoms with E-state index in [-0.39, 0.29) is 0 Å². The van der Waals surface area contributed by atoms with Gasteiger partial charge in [-0.2, -0.15) is 11.8 Å². The third-order valence-electron chi connectivity index (χ3n) is 2.83. The Bertz CT molecular complexity index is 305. The summed E-state index contributed by atoms with van der Waals surface area (Å²) in [5.74, 6) is 0.737. The predicted octanol–water partition coefficient (Wildman–Crippen LogP) is 3.73. The summed E-state index contributed by atoms with van der Waals surface area (Å²) in [6.07, 6.45) is 3.34. The fourth-order valence-corrected chi connectivity index (χ4v) is 2.05. The fraction of sp³-hybridized carbons (Fsp3) is 0.600. The van der Waals surface area contributed by atoms with Crippen LogP contribution in [0.4, 0.5) is 0 Å². The number of nitrogens with one attached hydrogen (secondary N) is 1. The molecule has 0 spiro atoms. The van der Waals surface area contributed by atoms with Crippen molar-refractivity contribution in [2.45, 2.75) is 39.0 Å². The average molecular weight is 251 g/mol. The van der Waals surface area contributed by atoms with Crippen LogP contribution in [0.15, 0.2) is 24.3 Å². The van der Waals surface area contributed by atoms with Crippen molar-refractivity contribution in [3.8, 4) is 0 Å². The zero-order chi connectivity index (χ0) is 12.7. The highest BCUT2D eigenvalue weighted by molar-refractivity contribution is 7.99. The average Bonchev–Trinajstić information content (AvgIpc) is 2.30. The molecule has 0 fully saturated rings. The lowest BCUT2D eigenvalue weighted by molar-refractivity contribution is 0.646. The number of benzene rings is 1. The molecule has 0 radical (unpaired) electrons. The Kier molecular flexibility index (Phi) is 6.68. The van der Waals surface area contributed by atoms with Crippen molar-refractivity contribution in [3.05, 3.63) is 35.4 Å². The highest BCUT2D eigenvalue weighted by Crippen LogP contribution is 2.10. The number of thioether (sulfide) groups is 1. The van der Waals surface area contributed by atoms with Crippen LogP contribution in [-0.2, 0) is 13.0 Å². The number of rotatable bonds is 7. The largest absolute Gasteiger partial charge is 0.312 e. The Labute approximate surface area is 110 Å². The normalized spacial score (nSPS) is 13.0. The summed E-state index contributed by atoms with van der Waals surface area (Å²) in [6.45, 7) is 8.84. The van der Waals surface area contributed by atoms with Crippen molar-refractivity contribution in [1.82, 2.24) is 5.32 Å². The lowest BCUT2D eigenvalue weighted by Crippen LogP contribution is -2.21. The molecule has 0 aliphatic carbocycles. The first-order valence-electron chi connectivity index (χ1n) is 6.43. The van der Waals surface area contributed by atoms with Crippen LogP contribution in [0.3, 0.4) is 0 Å². The van der Waals surface area contributed by atoms with Crippen LogP contribution >= 0.6 is 11.8 Å². The molecule has 2 heteroatoms. The molecule has 1 aromatic carbocycles. The second-order valence-corrected chi connectivity index (χ2v) is 6.37. The van der Waals surface area contributed by atoms with Gasteiger partial charge in [0.2, 0.25) is 0 Å². The highest BCUT2D eigenvalue weighted by Gasteiger charge is 2.00. The van der Waals surface area contributed by atoms with Gasteiger partial charge in [0.05, 0.1) is 0 Å². The van der Waals surface area contributed by atoms with Crippen LogP contribution in [0.25, 0.3) is 0 Å². The van der Waals surface area contributed by atoms with Gasteiger partial charge in [0.25, 0.3) is 0 Å². The van der Waals surface area contributed by atoms with E-state index in [1.807, 2.05) is 11.8 Å². The maximum Gasteiger partial charge on any atom is 0.0205 e. The van der Waals surface area contributed by atoms with Gasteiger partial charge in [-0.3, -0.25) is 0 Å². The van der Waals surface area contributed by atoms with Crippen LogP contribution in [0.2, 0.25) is 0 Å². The minimum absolute atomic E-state index is 0.690. The molecule has 1 nitrogen and oxygen atoms in total. The molecule has 1 aromatic rings. The minimum Gasteiger partial charge on any atom is -0.312 e. The van der Waals surface area contributed by atoms with E-state index in [9.17, 15) is 0 Å². The molecular formula is C15H25NS. The van der Waals surface area contributed by atoms with E-state index in [2.05, 4.69) is 56.6 Å². The van der Waals surface area contributed by atoms with Gasteiger partial charge in [-0.25, -0.2) is 0 Å². The first kappa shape index (κ1) is 14.6. The maximum absolute atomic E-state index is 3.49. The Morgan fingerprint density at radius 2 is 1.65 bits per heavy atom. The zero-order valence-corrected chi connectivity index (χ0v) is 12.3.